The van der Waals surface area contributed by atoms with Gasteiger partial charge in [-0.1, -0.05) is 6.08 Å². The Labute approximate surface area is 150 Å². The molecule has 2 fully saturated rings. The lowest BCUT2D eigenvalue weighted by Gasteiger charge is -2.33. The van der Waals surface area contributed by atoms with Gasteiger partial charge in [0.1, 0.15) is 11.8 Å². The number of benzene rings is 1. The number of fused-ring (bicyclic) bond motifs is 1. The van der Waals surface area contributed by atoms with Crippen molar-refractivity contribution >= 4 is 23.6 Å². The zero-order chi connectivity index (χ0) is 18.4. The Hall–Kier alpha value is -2.96. The van der Waals surface area contributed by atoms with Crippen LogP contribution in [0.4, 0.5) is 0 Å². The number of piperidine rings is 1. The van der Waals surface area contributed by atoms with Crippen LogP contribution in [0.1, 0.15) is 46.4 Å². The summed E-state index contributed by atoms with van der Waals surface area (Å²) in [4.78, 5) is 49.6. The molecule has 26 heavy (non-hydrogen) atoms. The molecule has 4 rings (SSSR count). The predicted octanol–water partition coefficient (Wildman–Crippen LogP) is 1.43. The van der Waals surface area contributed by atoms with Gasteiger partial charge in [-0.2, -0.15) is 0 Å². The maximum absolute atomic E-state index is 12.7. The second kappa shape index (κ2) is 6.09. The normalized spacial score (nSPS) is 27.7. The van der Waals surface area contributed by atoms with Crippen LogP contribution in [0.15, 0.2) is 30.9 Å². The number of rotatable bonds is 4. The first-order chi connectivity index (χ1) is 12.5. The lowest BCUT2D eigenvalue weighted by atomic mass is 9.82. The molecular formula is C19H18N2O5. The van der Waals surface area contributed by atoms with Crippen LogP contribution in [0.3, 0.4) is 0 Å². The molecule has 0 aromatic heterocycles. The SMILES string of the molecule is C=C[C@H]1C[C@H](Oc2ccc3c(c2)C(=O)N(C2CCC(=O)NC2=O)C3=O)C1. The highest BCUT2D eigenvalue weighted by molar-refractivity contribution is 6.23. The maximum Gasteiger partial charge on any atom is 0.262 e. The van der Waals surface area contributed by atoms with E-state index in [0.717, 1.165) is 17.7 Å². The Morgan fingerprint density at radius 3 is 2.54 bits per heavy atom. The molecule has 1 atom stereocenters. The first-order valence-corrected chi connectivity index (χ1v) is 8.62. The number of hydrogen-bond acceptors (Lipinski definition) is 5. The van der Waals surface area contributed by atoms with Crippen molar-refractivity contribution in [2.75, 3.05) is 0 Å². The predicted molar refractivity (Wildman–Crippen MR) is 90.5 cm³/mol. The largest absolute Gasteiger partial charge is 0.490 e. The van der Waals surface area contributed by atoms with E-state index >= 15 is 0 Å². The van der Waals surface area contributed by atoms with E-state index in [9.17, 15) is 19.2 Å². The summed E-state index contributed by atoms with van der Waals surface area (Å²) in [7, 11) is 0. The molecule has 1 aliphatic carbocycles. The lowest BCUT2D eigenvalue weighted by Crippen LogP contribution is -2.54. The second-order valence-corrected chi connectivity index (χ2v) is 6.86. The fourth-order valence-electron chi connectivity index (χ4n) is 3.61. The van der Waals surface area contributed by atoms with Crippen molar-refractivity contribution in [1.29, 1.82) is 0 Å². The number of amides is 4. The van der Waals surface area contributed by atoms with Crippen LogP contribution in [0.5, 0.6) is 5.75 Å². The van der Waals surface area contributed by atoms with Crippen molar-refractivity contribution in [2.45, 2.75) is 37.8 Å². The summed E-state index contributed by atoms with van der Waals surface area (Å²) in [6.45, 7) is 3.76. The van der Waals surface area contributed by atoms with E-state index in [4.69, 9.17) is 4.74 Å². The third-order valence-electron chi connectivity index (χ3n) is 5.18. The second-order valence-electron chi connectivity index (χ2n) is 6.86. The van der Waals surface area contributed by atoms with E-state index in [-0.39, 0.29) is 30.1 Å². The average Bonchev–Trinajstić information content (AvgIpc) is 2.82. The molecule has 2 heterocycles. The fraction of sp³-hybridized carbons (Fsp3) is 0.368. The van der Waals surface area contributed by atoms with E-state index in [1.165, 1.54) is 0 Å². The number of nitrogens with one attached hydrogen (secondary N) is 1. The standard InChI is InChI=1S/C19H18N2O5/c1-2-10-7-12(8-10)26-11-3-4-13-14(9-11)19(25)21(18(13)24)15-5-6-16(22)20-17(15)23/h2-4,9-10,12,15H,1,5-8H2,(H,20,22,23)/t10-,12-,15?. The van der Waals surface area contributed by atoms with E-state index in [1.807, 2.05) is 6.08 Å². The number of hydrogen-bond donors (Lipinski definition) is 1. The number of imide groups is 2. The summed E-state index contributed by atoms with van der Waals surface area (Å²) in [6, 6.07) is 3.83. The van der Waals surface area contributed by atoms with Gasteiger partial charge in [0, 0.05) is 6.42 Å². The molecule has 4 amide bonds. The Balaban J connectivity index is 1.54. The summed E-state index contributed by atoms with van der Waals surface area (Å²) in [5, 5.41) is 2.18. The van der Waals surface area contributed by atoms with Crippen LogP contribution < -0.4 is 10.1 Å². The van der Waals surface area contributed by atoms with Gasteiger partial charge in [-0.05, 0) is 43.4 Å². The van der Waals surface area contributed by atoms with Crippen molar-refractivity contribution in [3.05, 3.63) is 42.0 Å². The first-order valence-electron chi connectivity index (χ1n) is 8.62. The number of carbonyl (C=O) groups is 4. The van der Waals surface area contributed by atoms with Gasteiger partial charge in [-0.15, -0.1) is 6.58 Å². The van der Waals surface area contributed by atoms with Gasteiger partial charge in [0.15, 0.2) is 0 Å². The molecular weight excluding hydrogens is 336 g/mol. The molecule has 1 saturated carbocycles. The maximum atomic E-state index is 12.7. The van der Waals surface area contributed by atoms with Crippen molar-refractivity contribution < 1.29 is 23.9 Å². The van der Waals surface area contributed by atoms with Crippen LogP contribution >= 0.6 is 0 Å². The van der Waals surface area contributed by atoms with Crippen LogP contribution in [0, 0.1) is 5.92 Å². The van der Waals surface area contributed by atoms with Crippen LogP contribution in [-0.2, 0) is 9.59 Å². The van der Waals surface area contributed by atoms with Gasteiger partial charge < -0.3 is 4.74 Å². The fourth-order valence-corrected chi connectivity index (χ4v) is 3.61. The molecule has 2 aliphatic heterocycles. The molecule has 0 spiro atoms. The van der Waals surface area contributed by atoms with Crippen LogP contribution in [0.2, 0.25) is 0 Å². The molecule has 3 aliphatic rings. The number of nitrogens with zero attached hydrogens (tertiary/aromatic N) is 1. The minimum atomic E-state index is -0.954. The van der Waals surface area contributed by atoms with Crippen molar-refractivity contribution in [1.82, 2.24) is 10.2 Å². The zero-order valence-corrected chi connectivity index (χ0v) is 14.1. The molecule has 7 heteroatoms. The first kappa shape index (κ1) is 16.5. The Kier molecular flexibility index (Phi) is 3.86. The van der Waals surface area contributed by atoms with E-state index in [2.05, 4.69) is 11.9 Å². The topological polar surface area (TPSA) is 92.8 Å². The van der Waals surface area contributed by atoms with Crippen molar-refractivity contribution in [3.63, 3.8) is 0 Å². The number of carbonyl (C=O) groups excluding carboxylic acids is 4. The monoisotopic (exact) mass is 354 g/mol. The highest BCUT2D eigenvalue weighted by Gasteiger charge is 2.44. The highest BCUT2D eigenvalue weighted by Crippen LogP contribution is 2.34. The number of ether oxygens (including phenoxy) is 1. The van der Waals surface area contributed by atoms with Crippen molar-refractivity contribution in [3.8, 4) is 5.75 Å². The van der Waals surface area contributed by atoms with E-state index < -0.39 is 29.7 Å². The zero-order valence-electron chi connectivity index (χ0n) is 14.1. The van der Waals surface area contributed by atoms with Crippen molar-refractivity contribution in [2.24, 2.45) is 5.92 Å². The van der Waals surface area contributed by atoms with Gasteiger partial charge in [0.05, 0.1) is 17.2 Å². The highest BCUT2D eigenvalue weighted by atomic mass is 16.5. The van der Waals surface area contributed by atoms with Gasteiger partial charge >= 0.3 is 0 Å². The molecule has 134 valence electrons. The van der Waals surface area contributed by atoms with Crippen LogP contribution in [0.25, 0.3) is 0 Å². The van der Waals surface area contributed by atoms with Gasteiger partial charge in [-0.25, -0.2) is 0 Å². The smallest absolute Gasteiger partial charge is 0.262 e. The molecule has 1 aromatic rings. The molecule has 1 saturated heterocycles. The minimum Gasteiger partial charge on any atom is -0.490 e. The summed E-state index contributed by atoms with van der Waals surface area (Å²) < 4.78 is 5.85. The number of allylic oxidation sites excluding steroid dienone is 1. The Morgan fingerprint density at radius 1 is 1.12 bits per heavy atom. The molecule has 1 N–H and O–H groups in total. The lowest BCUT2D eigenvalue weighted by molar-refractivity contribution is -0.136. The molecule has 0 radical (unpaired) electrons. The quantitative estimate of drug-likeness (QED) is 0.652. The molecule has 7 nitrogen and oxygen atoms in total. The molecule has 1 unspecified atom stereocenters. The molecule has 1 aromatic carbocycles. The van der Waals surface area contributed by atoms with E-state index in [0.29, 0.717) is 11.7 Å². The van der Waals surface area contributed by atoms with Gasteiger partial charge in [0.2, 0.25) is 11.8 Å². The Bertz CT molecular complexity index is 840. The molecule has 0 bridgehead atoms. The van der Waals surface area contributed by atoms with Crippen LogP contribution in [-0.4, -0.2) is 40.7 Å². The third kappa shape index (κ3) is 2.60. The Morgan fingerprint density at radius 2 is 1.85 bits per heavy atom. The van der Waals surface area contributed by atoms with Gasteiger partial charge in [-0.3, -0.25) is 29.4 Å². The third-order valence-corrected chi connectivity index (χ3v) is 5.18. The van der Waals surface area contributed by atoms with E-state index in [1.54, 1.807) is 18.2 Å². The van der Waals surface area contributed by atoms with Gasteiger partial charge in [0.25, 0.3) is 11.8 Å². The average molecular weight is 354 g/mol. The summed E-state index contributed by atoms with van der Waals surface area (Å²) in [5.74, 6) is -1.05. The summed E-state index contributed by atoms with van der Waals surface area (Å²) in [5.41, 5.74) is 0.487. The minimum absolute atomic E-state index is 0.0782. The summed E-state index contributed by atoms with van der Waals surface area (Å²) >= 11 is 0. The summed E-state index contributed by atoms with van der Waals surface area (Å²) in [6.07, 6.45) is 4.00.